The summed E-state index contributed by atoms with van der Waals surface area (Å²) in [5, 5.41) is 0.675. The Morgan fingerprint density at radius 2 is 2.14 bits per heavy atom. The maximum absolute atomic E-state index is 12.3. The Kier molecular flexibility index (Phi) is 5.28. The SMILES string of the molecule is O=C(NOC1CCCCO1)C1CNNC1c1ccc(Cl)cc1. The van der Waals surface area contributed by atoms with Crippen LogP contribution in [0.5, 0.6) is 0 Å². The van der Waals surface area contributed by atoms with Gasteiger partial charge in [-0.1, -0.05) is 23.7 Å². The minimum Gasteiger partial charge on any atom is -0.350 e. The number of carbonyl (C=O) groups is 1. The van der Waals surface area contributed by atoms with Gasteiger partial charge < -0.3 is 4.74 Å². The van der Waals surface area contributed by atoms with Crippen LogP contribution in [0.1, 0.15) is 30.9 Å². The van der Waals surface area contributed by atoms with Gasteiger partial charge in [-0.15, -0.1) is 0 Å². The van der Waals surface area contributed by atoms with E-state index in [1.165, 1.54) is 0 Å². The van der Waals surface area contributed by atoms with Crippen molar-refractivity contribution in [3.63, 3.8) is 0 Å². The molecule has 0 saturated carbocycles. The zero-order chi connectivity index (χ0) is 15.4. The van der Waals surface area contributed by atoms with Crippen LogP contribution in [0, 0.1) is 5.92 Å². The number of halogens is 1. The van der Waals surface area contributed by atoms with Gasteiger partial charge in [0.1, 0.15) is 0 Å². The number of amides is 1. The number of hydrazine groups is 1. The van der Waals surface area contributed by atoms with Gasteiger partial charge in [0.15, 0.2) is 6.29 Å². The third-order valence-electron chi connectivity index (χ3n) is 3.98. The number of hydrogen-bond donors (Lipinski definition) is 3. The first kappa shape index (κ1) is 15.7. The number of carbonyl (C=O) groups excluding carboxylic acids is 1. The van der Waals surface area contributed by atoms with Crippen LogP contribution in [-0.4, -0.2) is 25.3 Å². The third-order valence-corrected chi connectivity index (χ3v) is 4.23. The van der Waals surface area contributed by atoms with Crippen LogP contribution in [-0.2, 0) is 14.4 Å². The minimum absolute atomic E-state index is 0.117. The van der Waals surface area contributed by atoms with E-state index in [2.05, 4.69) is 16.3 Å². The van der Waals surface area contributed by atoms with E-state index >= 15 is 0 Å². The topological polar surface area (TPSA) is 71.6 Å². The number of rotatable bonds is 4. The second-order valence-electron chi connectivity index (χ2n) is 5.54. The summed E-state index contributed by atoms with van der Waals surface area (Å²) in [6, 6.07) is 7.35. The van der Waals surface area contributed by atoms with Crippen LogP contribution in [0.2, 0.25) is 5.02 Å². The lowest BCUT2D eigenvalue weighted by molar-refractivity contribution is -0.202. The molecule has 22 heavy (non-hydrogen) atoms. The molecule has 0 spiro atoms. The van der Waals surface area contributed by atoms with E-state index in [1.54, 1.807) is 0 Å². The molecule has 0 aliphatic carbocycles. The van der Waals surface area contributed by atoms with Crippen LogP contribution in [0.3, 0.4) is 0 Å². The standard InChI is InChI=1S/C15H20ClN3O3/c16-11-6-4-10(5-7-11)14-12(9-17-18-14)15(20)19-22-13-3-1-2-8-21-13/h4-7,12-14,17-18H,1-3,8-9H2,(H,19,20). The number of hydroxylamine groups is 1. The molecular formula is C15H20ClN3O3. The first-order valence-electron chi connectivity index (χ1n) is 7.55. The van der Waals surface area contributed by atoms with Gasteiger partial charge in [-0.2, -0.15) is 0 Å². The molecule has 120 valence electrons. The Balaban J connectivity index is 1.57. The average Bonchev–Trinajstić information content (AvgIpc) is 3.04. The van der Waals surface area contributed by atoms with Crippen molar-refractivity contribution >= 4 is 17.5 Å². The molecule has 3 N–H and O–H groups in total. The number of hydrogen-bond acceptors (Lipinski definition) is 5. The number of ether oxygens (including phenoxy) is 1. The first-order valence-corrected chi connectivity index (χ1v) is 7.93. The molecular weight excluding hydrogens is 306 g/mol. The molecule has 2 aliphatic heterocycles. The summed E-state index contributed by atoms with van der Waals surface area (Å²) in [5.74, 6) is -0.420. The Morgan fingerprint density at radius 3 is 2.86 bits per heavy atom. The van der Waals surface area contributed by atoms with Gasteiger partial charge in [0, 0.05) is 24.6 Å². The normalized spacial score (nSPS) is 28.5. The van der Waals surface area contributed by atoms with Crippen molar-refractivity contribution in [1.82, 2.24) is 16.3 Å². The van der Waals surface area contributed by atoms with E-state index in [0.29, 0.717) is 18.2 Å². The Hall–Kier alpha value is -1.18. The molecule has 2 fully saturated rings. The summed E-state index contributed by atoms with van der Waals surface area (Å²) in [6.45, 7) is 1.22. The predicted molar refractivity (Wildman–Crippen MR) is 81.6 cm³/mol. The van der Waals surface area contributed by atoms with Crippen molar-refractivity contribution in [1.29, 1.82) is 0 Å². The number of benzene rings is 1. The molecule has 3 rings (SSSR count). The quantitative estimate of drug-likeness (QED) is 0.735. The molecule has 2 saturated heterocycles. The molecule has 3 atom stereocenters. The molecule has 1 amide bonds. The Labute approximate surface area is 134 Å². The second-order valence-corrected chi connectivity index (χ2v) is 5.98. The van der Waals surface area contributed by atoms with Crippen LogP contribution in [0.4, 0.5) is 0 Å². The van der Waals surface area contributed by atoms with E-state index in [9.17, 15) is 4.79 Å². The van der Waals surface area contributed by atoms with Gasteiger partial charge in [-0.3, -0.25) is 10.2 Å². The predicted octanol–water partition coefficient (Wildman–Crippen LogP) is 1.68. The summed E-state index contributed by atoms with van der Waals surface area (Å²) in [5.41, 5.74) is 9.68. The second kappa shape index (κ2) is 7.39. The van der Waals surface area contributed by atoms with Crippen LogP contribution >= 0.6 is 11.6 Å². The van der Waals surface area contributed by atoms with Gasteiger partial charge in [0.2, 0.25) is 5.91 Å². The maximum Gasteiger partial charge on any atom is 0.250 e. The summed E-state index contributed by atoms with van der Waals surface area (Å²) in [4.78, 5) is 17.7. The summed E-state index contributed by atoms with van der Waals surface area (Å²) < 4.78 is 5.43. The molecule has 0 radical (unpaired) electrons. The molecule has 2 aliphatic rings. The minimum atomic E-state index is -0.339. The van der Waals surface area contributed by atoms with Crippen LogP contribution < -0.4 is 16.3 Å². The molecule has 3 unspecified atom stereocenters. The smallest absolute Gasteiger partial charge is 0.250 e. The van der Waals surface area contributed by atoms with Crippen molar-refractivity contribution in [3.05, 3.63) is 34.9 Å². The largest absolute Gasteiger partial charge is 0.350 e. The fourth-order valence-electron chi connectivity index (χ4n) is 2.73. The van der Waals surface area contributed by atoms with Crippen LogP contribution in [0.15, 0.2) is 24.3 Å². The van der Waals surface area contributed by atoms with Gasteiger partial charge in [0.05, 0.1) is 12.0 Å². The third kappa shape index (κ3) is 3.77. The van der Waals surface area contributed by atoms with Gasteiger partial charge in [-0.25, -0.2) is 15.7 Å². The van der Waals surface area contributed by atoms with Crippen molar-refractivity contribution in [2.45, 2.75) is 31.6 Å². The highest BCUT2D eigenvalue weighted by Crippen LogP contribution is 2.26. The zero-order valence-corrected chi connectivity index (χ0v) is 12.9. The first-order chi connectivity index (χ1) is 10.7. The summed E-state index contributed by atoms with van der Waals surface area (Å²) >= 11 is 5.90. The lowest BCUT2D eigenvalue weighted by atomic mass is 9.94. The van der Waals surface area contributed by atoms with E-state index in [1.807, 2.05) is 24.3 Å². The molecule has 0 aromatic heterocycles. The fraction of sp³-hybridized carbons (Fsp3) is 0.533. The fourth-order valence-corrected chi connectivity index (χ4v) is 2.86. The van der Waals surface area contributed by atoms with E-state index < -0.39 is 0 Å². The maximum atomic E-state index is 12.3. The average molecular weight is 326 g/mol. The number of nitrogens with one attached hydrogen (secondary N) is 3. The highest BCUT2D eigenvalue weighted by molar-refractivity contribution is 6.30. The van der Waals surface area contributed by atoms with Gasteiger partial charge in [0.25, 0.3) is 0 Å². The van der Waals surface area contributed by atoms with Gasteiger partial charge >= 0.3 is 0 Å². The van der Waals surface area contributed by atoms with E-state index in [0.717, 1.165) is 24.8 Å². The van der Waals surface area contributed by atoms with Crippen molar-refractivity contribution in [3.8, 4) is 0 Å². The molecule has 0 bridgehead atoms. The summed E-state index contributed by atoms with van der Waals surface area (Å²) in [7, 11) is 0. The summed E-state index contributed by atoms with van der Waals surface area (Å²) in [6.07, 6.45) is 2.57. The van der Waals surface area contributed by atoms with E-state index in [4.69, 9.17) is 21.2 Å². The Bertz CT molecular complexity index is 505. The van der Waals surface area contributed by atoms with Crippen LogP contribution in [0.25, 0.3) is 0 Å². The lowest BCUT2D eigenvalue weighted by Gasteiger charge is -2.24. The van der Waals surface area contributed by atoms with Crippen molar-refractivity contribution in [2.24, 2.45) is 5.92 Å². The molecule has 2 heterocycles. The lowest BCUT2D eigenvalue weighted by Crippen LogP contribution is -2.39. The zero-order valence-electron chi connectivity index (χ0n) is 12.2. The highest BCUT2D eigenvalue weighted by Gasteiger charge is 2.34. The van der Waals surface area contributed by atoms with Crippen molar-refractivity contribution in [2.75, 3.05) is 13.2 Å². The van der Waals surface area contributed by atoms with Gasteiger partial charge in [-0.05, 0) is 30.5 Å². The van der Waals surface area contributed by atoms with Crippen molar-refractivity contribution < 1.29 is 14.4 Å². The molecule has 1 aromatic rings. The Morgan fingerprint density at radius 1 is 1.32 bits per heavy atom. The molecule has 6 nitrogen and oxygen atoms in total. The molecule has 1 aromatic carbocycles. The highest BCUT2D eigenvalue weighted by atomic mass is 35.5. The van der Waals surface area contributed by atoms with E-state index in [-0.39, 0.29) is 24.2 Å². The molecule has 7 heteroatoms. The monoisotopic (exact) mass is 325 g/mol.